The van der Waals surface area contributed by atoms with Crippen LogP contribution in [0.1, 0.15) is 11.1 Å². The summed E-state index contributed by atoms with van der Waals surface area (Å²) in [6.07, 6.45) is 0. The van der Waals surface area contributed by atoms with Gasteiger partial charge in [0.15, 0.2) is 23.0 Å². The summed E-state index contributed by atoms with van der Waals surface area (Å²) in [7, 11) is 6.55. The van der Waals surface area contributed by atoms with Crippen LogP contribution in [-0.2, 0) is 13.1 Å². The van der Waals surface area contributed by atoms with Crippen molar-refractivity contribution in [2.24, 2.45) is 0 Å². The Bertz CT molecular complexity index is 643. The van der Waals surface area contributed by atoms with Crippen LogP contribution in [0.2, 0.25) is 0 Å². The normalized spacial score (nSPS) is 10.3. The van der Waals surface area contributed by atoms with Crippen LogP contribution in [0.4, 0.5) is 0 Å². The number of hydrogen-bond acceptors (Lipinski definition) is 5. The number of ether oxygens (including phenoxy) is 4. The molecule has 23 heavy (non-hydrogen) atoms. The van der Waals surface area contributed by atoms with Crippen molar-refractivity contribution < 1.29 is 18.9 Å². The summed E-state index contributed by atoms with van der Waals surface area (Å²) >= 11 is 0. The predicted octanol–water partition coefficient (Wildman–Crippen LogP) is 3.01. The molecule has 0 unspecified atom stereocenters. The van der Waals surface area contributed by atoms with E-state index in [9.17, 15) is 0 Å². The molecule has 5 heteroatoms. The first kappa shape index (κ1) is 17.0. The highest BCUT2D eigenvalue weighted by atomic mass is 16.5. The molecule has 1 N–H and O–H groups in total. The van der Waals surface area contributed by atoms with E-state index in [0.717, 1.165) is 34.1 Å². The first-order valence-electron chi connectivity index (χ1n) is 7.35. The van der Waals surface area contributed by atoms with Gasteiger partial charge in [-0.1, -0.05) is 18.2 Å². The van der Waals surface area contributed by atoms with Crippen molar-refractivity contribution in [2.45, 2.75) is 13.1 Å². The highest BCUT2D eigenvalue weighted by molar-refractivity contribution is 5.46. The molecule has 0 saturated heterocycles. The van der Waals surface area contributed by atoms with Crippen molar-refractivity contribution in [1.29, 1.82) is 0 Å². The zero-order valence-electron chi connectivity index (χ0n) is 14.0. The number of nitrogens with one attached hydrogen (secondary N) is 1. The second-order valence-corrected chi connectivity index (χ2v) is 4.95. The van der Waals surface area contributed by atoms with E-state index >= 15 is 0 Å². The van der Waals surface area contributed by atoms with Gasteiger partial charge < -0.3 is 24.3 Å². The summed E-state index contributed by atoms with van der Waals surface area (Å²) < 4.78 is 21.3. The molecule has 0 aliphatic rings. The van der Waals surface area contributed by atoms with Crippen molar-refractivity contribution in [3.8, 4) is 23.0 Å². The fourth-order valence-corrected chi connectivity index (χ4v) is 2.43. The van der Waals surface area contributed by atoms with Gasteiger partial charge in [0.2, 0.25) is 0 Å². The van der Waals surface area contributed by atoms with E-state index in [2.05, 4.69) is 5.32 Å². The summed E-state index contributed by atoms with van der Waals surface area (Å²) in [5.74, 6) is 2.95. The van der Waals surface area contributed by atoms with Gasteiger partial charge in [0.05, 0.1) is 28.4 Å². The lowest BCUT2D eigenvalue weighted by Crippen LogP contribution is -2.13. The summed E-state index contributed by atoms with van der Waals surface area (Å²) in [5, 5.41) is 3.40. The average Bonchev–Trinajstić information content (AvgIpc) is 2.61. The molecule has 0 atom stereocenters. The maximum absolute atomic E-state index is 5.44. The third-order valence-corrected chi connectivity index (χ3v) is 3.58. The van der Waals surface area contributed by atoms with Crippen LogP contribution in [0, 0.1) is 0 Å². The summed E-state index contributed by atoms with van der Waals surface area (Å²) in [6, 6.07) is 11.7. The zero-order chi connectivity index (χ0) is 16.7. The van der Waals surface area contributed by atoms with E-state index in [1.54, 1.807) is 28.4 Å². The van der Waals surface area contributed by atoms with Crippen molar-refractivity contribution in [2.75, 3.05) is 28.4 Å². The van der Waals surface area contributed by atoms with Gasteiger partial charge >= 0.3 is 0 Å². The van der Waals surface area contributed by atoms with Crippen LogP contribution in [0.15, 0.2) is 36.4 Å². The number of hydrogen-bond donors (Lipinski definition) is 1. The molecule has 0 aliphatic carbocycles. The van der Waals surface area contributed by atoms with Crippen molar-refractivity contribution in [3.63, 3.8) is 0 Å². The molecule has 2 aromatic rings. The van der Waals surface area contributed by atoms with E-state index in [-0.39, 0.29) is 0 Å². The maximum atomic E-state index is 5.44. The minimum Gasteiger partial charge on any atom is -0.493 e. The summed E-state index contributed by atoms with van der Waals surface area (Å²) in [6.45, 7) is 1.38. The smallest absolute Gasteiger partial charge is 0.165 e. The molecular formula is C18H23NO4. The van der Waals surface area contributed by atoms with Crippen LogP contribution in [-0.4, -0.2) is 28.4 Å². The molecule has 0 fully saturated rings. The van der Waals surface area contributed by atoms with Gasteiger partial charge in [0.1, 0.15) is 0 Å². The molecule has 0 aliphatic heterocycles. The Hall–Kier alpha value is -2.40. The van der Waals surface area contributed by atoms with Gasteiger partial charge in [0, 0.05) is 18.7 Å². The van der Waals surface area contributed by atoms with Gasteiger partial charge in [-0.2, -0.15) is 0 Å². The lowest BCUT2D eigenvalue weighted by Gasteiger charge is -2.14. The van der Waals surface area contributed by atoms with E-state index in [0.29, 0.717) is 13.1 Å². The quantitative estimate of drug-likeness (QED) is 0.811. The molecule has 0 radical (unpaired) electrons. The Kier molecular flexibility index (Phi) is 6.11. The minimum absolute atomic E-state index is 0.675. The van der Waals surface area contributed by atoms with E-state index in [1.165, 1.54) is 0 Å². The standard InChI is InChI=1S/C18H23NO4/c1-20-15-9-8-13(10-17(15)22-3)11-19-12-14-6-5-7-16(21-2)18(14)23-4/h5-10,19H,11-12H2,1-4H3. The maximum Gasteiger partial charge on any atom is 0.165 e. The lowest BCUT2D eigenvalue weighted by molar-refractivity contribution is 0.350. The van der Waals surface area contributed by atoms with Crippen LogP contribution < -0.4 is 24.3 Å². The highest BCUT2D eigenvalue weighted by Crippen LogP contribution is 2.31. The van der Waals surface area contributed by atoms with Crippen molar-refractivity contribution in [3.05, 3.63) is 47.5 Å². The molecule has 2 aromatic carbocycles. The molecule has 124 valence electrons. The van der Waals surface area contributed by atoms with Crippen LogP contribution >= 0.6 is 0 Å². The van der Waals surface area contributed by atoms with Crippen LogP contribution in [0.25, 0.3) is 0 Å². The second-order valence-electron chi connectivity index (χ2n) is 4.95. The molecule has 0 spiro atoms. The minimum atomic E-state index is 0.675. The van der Waals surface area contributed by atoms with Gasteiger partial charge in [-0.15, -0.1) is 0 Å². The molecule has 2 rings (SSSR count). The van der Waals surface area contributed by atoms with Crippen molar-refractivity contribution in [1.82, 2.24) is 5.32 Å². The zero-order valence-corrected chi connectivity index (χ0v) is 14.0. The van der Waals surface area contributed by atoms with Gasteiger partial charge in [-0.25, -0.2) is 0 Å². The lowest BCUT2D eigenvalue weighted by atomic mass is 10.1. The monoisotopic (exact) mass is 317 g/mol. The molecule has 0 saturated carbocycles. The molecule has 5 nitrogen and oxygen atoms in total. The Balaban J connectivity index is 2.03. The first-order valence-corrected chi connectivity index (χ1v) is 7.35. The SMILES string of the molecule is COc1ccc(CNCc2cccc(OC)c2OC)cc1OC. The van der Waals surface area contributed by atoms with E-state index in [1.807, 2.05) is 36.4 Å². The number of methoxy groups -OCH3 is 4. The number of benzene rings is 2. The van der Waals surface area contributed by atoms with Gasteiger partial charge in [-0.05, 0) is 23.8 Å². The Labute approximate surface area is 137 Å². The fraction of sp³-hybridized carbons (Fsp3) is 0.333. The third-order valence-electron chi connectivity index (χ3n) is 3.58. The number of para-hydroxylation sites is 1. The second kappa shape index (κ2) is 8.29. The average molecular weight is 317 g/mol. The van der Waals surface area contributed by atoms with Crippen LogP contribution in [0.5, 0.6) is 23.0 Å². The number of rotatable bonds is 8. The van der Waals surface area contributed by atoms with Gasteiger partial charge in [-0.3, -0.25) is 0 Å². The third kappa shape index (κ3) is 4.07. The largest absolute Gasteiger partial charge is 0.493 e. The Morgan fingerprint density at radius 2 is 1.48 bits per heavy atom. The molecular weight excluding hydrogens is 294 g/mol. The fourth-order valence-electron chi connectivity index (χ4n) is 2.43. The summed E-state index contributed by atoms with van der Waals surface area (Å²) in [4.78, 5) is 0. The van der Waals surface area contributed by atoms with Gasteiger partial charge in [0.25, 0.3) is 0 Å². The Morgan fingerprint density at radius 1 is 0.739 bits per heavy atom. The Morgan fingerprint density at radius 3 is 2.13 bits per heavy atom. The summed E-state index contributed by atoms with van der Waals surface area (Å²) in [5.41, 5.74) is 2.16. The van der Waals surface area contributed by atoms with Crippen molar-refractivity contribution >= 4 is 0 Å². The van der Waals surface area contributed by atoms with E-state index in [4.69, 9.17) is 18.9 Å². The highest BCUT2D eigenvalue weighted by Gasteiger charge is 2.09. The molecule has 0 heterocycles. The molecule has 0 aromatic heterocycles. The van der Waals surface area contributed by atoms with Crippen LogP contribution in [0.3, 0.4) is 0 Å². The molecule has 0 amide bonds. The molecule has 0 bridgehead atoms. The van der Waals surface area contributed by atoms with E-state index < -0.39 is 0 Å². The first-order chi connectivity index (χ1) is 11.2. The predicted molar refractivity (Wildman–Crippen MR) is 89.6 cm³/mol. The topological polar surface area (TPSA) is 49.0 Å².